The monoisotopic (exact) mass is 254 g/mol. The van der Waals surface area contributed by atoms with Crippen LogP contribution in [-0.2, 0) is 6.42 Å². The number of aromatic nitrogens is 2. The number of aryl methyl sites for hydroxylation is 1. The molecule has 1 saturated heterocycles. The summed E-state index contributed by atoms with van der Waals surface area (Å²) in [6, 6.07) is 2.26. The fourth-order valence-electron chi connectivity index (χ4n) is 2.19. The summed E-state index contributed by atoms with van der Waals surface area (Å²) in [6.45, 7) is 4.27. The van der Waals surface area contributed by atoms with Crippen molar-refractivity contribution >= 4 is 17.4 Å². The third-order valence-corrected chi connectivity index (χ3v) is 3.23. The maximum Gasteiger partial charge on any atom is 0.134 e. The lowest BCUT2D eigenvalue weighted by Gasteiger charge is -2.30. The number of likely N-dealkylation sites (tertiary alicyclic amines) is 1. The van der Waals surface area contributed by atoms with Crippen LogP contribution in [0.15, 0.2) is 6.07 Å². The summed E-state index contributed by atoms with van der Waals surface area (Å²) in [5.41, 5.74) is 0. The number of rotatable bonds is 3. The first kappa shape index (κ1) is 12.6. The molecule has 0 spiro atoms. The molecular weight excluding hydrogens is 236 g/mol. The van der Waals surface area contributed by atoms with E-state index in [2.05, 4.69) is 27.2 Å². The minimum atomic E-state index is 0.462. The van der Waals surface area contributed by atoms with Gasteiger partial charge in [-0.15, -0.1) is 0 Å². The Kier molecular flexibility index (Phi) is 4.18. The standard InChI is InChI=1S/C12H19ClN4/c1-3-11-15-10(13)7-12(16-11)14-9-5-4-6-17(2)8-9/h7,9H,3-6,8H2,1-2H3,(H,14,15,16). The molecule has 5 heteroatoms. The molecule has 1 aromatic rings. The summed E-state index contributed by atoms with van der Waals surface area (Å²) < 4.78 is 0. The molecule has 17 heavy (non-hydrogen) atoms. The summed E-state index contributed by atoms with van der Waals surface area (Å²) in [5.74, 6) is 1.64. The van der Waals surface area contributed by atoms with Gasteiger partial charge in [0, 0.05) is 25.1 Å². The second-order valence-electron chi connectivity index (χ2n) is 4.59. The van der Waals surface area contributed by atoms with E-state index in [0.717, 1.165) is 24.6 Å². The average Bonchev–Trinajstić information content (AvgIpc) is 2.28. The van der Waals surface area contributed by atoms with Crippen LogP contribution in [0, 0.1) is 0 Å². The van der Waals surface area contributed by atoms with Crippen molar-refractivity contribution in [3.63, 3.8) is 0 Å². The molecule has 0 amide bonds. The lowest BCUT2D eigenvalue weighted by molar-refractivity contribution is 0.260. The van der Waals surface area contributed by atoms with E-state index in [9.17, 15) is 0 Å². The molecule has 1 unspecified atom stereocenters. The molecule has 1 atom stereocenters. The van der Waals surface area contributed by atoms with E-state index >= 15 is 0 Å². The fraction of sp³-hybridized carbons (Fsp3) is 0.667. The molecule has 2 rings (SSSR count). The van der Waals surface area contributed by atoms with Gasteiger partial charge in [0.05, 0.1) is 0 Å². The van der Waals surface area contributed by atoms with Gasteiger partial charge in [-0.2, -0.15) is 0 Å². The zero-order chi connectivity index (χ0) is 12.3. The lowest BCUT2D eigenvalue weighted by Crippen LogP contribution is -2.39. The molecule has 1 aromatic heterocycles. The van der Waals surface area contributed by atoms with Crippen LogP contribution in [0.3, 0.4) is 0 Å². The maximum atomic E-state index is 5.97. The van der Waals surface area contributed by atoms with E-state index in [-0.39, 0.29) is 0 Å². The van der Waals surface area contributed by atoms with Crippen molar-refractivity contribution in [2.24, 2.45) is 0 Å². The van der Waals surface area contributed by atoms with Gasteiger partial charge in [0.2, 0.25) is 0 Å². The number of piperidine rings is 1. The van der Waals surface area contributed by atoms with E-state index < -0.39 is 0 Å². The molecule has 1 aliphatic rings. The Balaban J connectivity index is 2.04. The highest BCUT2D eigenvalue weighted by atomic mass is 35.5. The minimum absolute atomic E-state index is 0.462. The first-order chi connectivity index (χ1) is 8.17. The third-order valence-electron chi connectivity index (χ3n) is 3.03. The average molecular weight is 255 g/mol. The summed E-state index contributed by atoms with van der Waals surface area (Å²) >= 11 is 5.97. The minimum Gasteiger partial charge on any atom is -0.366 e. The molecule has 94 valence electrons. The van der Waals surface area contributed by atoms with Crippen molar-refractivity contribution in [3.8, 4) is 0 Å². The van der Waals surface area contributed by atoms with Crippen molar-refractivity contribution < 1.29 is 0 Å². The Labute approximate surface area is 107 Å². The SMILES string of the molecule is CCc1nc(Cl)cc(NC2CCCN(C)C2)n1. The number of hydrogen-bond acceptors (Lipinski definition) is 4. The van der Waals surface area contributed by atoms with E-state index in [1.807, 2.05) is 6.92 Å². The number of likely N-dealkylation sites (N-methyl/N-ethyl adjacent to an activating group) is 1. The van der Waals surface area contributed by atoms with Gasteiger partial charge in [0.1, 0.15) is 16.8 Å². The predicted octanol–water partition coefficient (Wildman–Crippen LogP) is 2.20. The molecule has 1 fully saturated rings. The fourth-order valence-corrected chi connectivity index (χ4v) is 2.39. The van der Waals surface area contributed by atoms with Crippen molar-refractivity contribution in [3.05, 3.63) is 17.0 Å². The number of hydrogen-bond donors (Lipinski definition) is 1. The number of nitrogens with one attached hydrogen (secondary N) is 1. The van der Waals surface area contributed by atoms with Crippen LogP contribution in [0.5, 0.6) is 0 Å². The molecule has 0 aliphatic carbocycles. The number of nitrogens with zero attached hydrogens (tertiary/aromatic N) is 3. The van der Waals surface area contributed by atoms with E-state index in [1.54, 1.807) is 6.07 Å². The van der Waals surface area contributed by atoms with Gasteiger partial charge in [-0.3, -0.25) is 0 Å². The maximum absolute atomic E-state index is 5.97. The molecule has 1 aliphatic heterocycles. The van der Waals surface area contributed by atoms with Gasteiger partial charge in [-0.05, 0) is 26.4 Å². The van der Waals surface area contributed by atoms with Gasteiger partial charge in [0.15, 0.2) is 0 Å². The largest absolute Gasteiger partial charge is 0.366 e. The van der Waals surface area contributed by atoms with Crippen LogP contribution in [-0.4, -0.2) is 41.0 Å². The lowest BCUT2D eigenvalue weighted by atomic mass is 10.1. The molecule has 0 bridgehead atoms. The highest BCUT2D eigenvalue weighted by Crippen LogP contribution is 2.16. The Morgan fingerprint density at radius 1 is 1.53 bits per heavy atom. The van der Waals surface area contributed by atoms with Crippen molar-refractivity contribution in [1.29, 1.82) is 0 Å². The van der Waals surface area contributed by atoms with Gasteiger partial charge < -0.3 is 10.2 Å². The number of halogens is 1. The van der Waals surface area contributed by atoms with Gasteiger partial charge in [-0.1, -0.05) is 18.5 Å². The first-order valence-corrected chi connectivity index (χ1v) is 6.53. The van der Waals surface area contributed by atoms with Gasteiger partial charge in [0.25, 0.3) is 0 Å². The topological polar surface area (TPSA) is 41.1 Å². The molecule has 0 radical (unpaired) electrons. The second-order valence-corrected chi connectivity index (χ2v) is 4.98. The highest BCUT2D eigenvalue weighted by molar-refractivity contribution is 6.29. The quantitative estimate of drug-likeness (QED) is 0.840. The van der Waals surface area contributed by atoms with Crippen molar-refractivity contribution in [2.75, 3.05) is 25.5 Å². The molecule has 2 heterocycles. The molecule has 1 N–H and O–H groups in total. The van der Waals surface area contributed by atoms with Crippen molar-refractivity contribution in [2.45, 2.75) is 32.2 Å². The third kappa shape index (κ3) is 3.54. The van der Waals surface area contributed by atoms with E-state index in [4.69, 9.17) is 11.6 Å². The Hall–Kier alpha value is -0.870. The highest BCUT2D eigenvalue weighted by Gasteiger charge is 2.17. The molecule has 0 aromatic carbocycles. The summed E-state index contributed by atoms with van der Waals surface area (Å²) in [4.78, 5) is 10.9. The Morgan fingerprint density at radius 3 is 3.06 bits per heavy atom. The number of anilines is 1. The predicted molar refractivity (Wildman–Crippen MR) is 70.6 cm³/mol. The summed E-state index contributed by atoms with van der Waals surface area (Å²) in [6.07, 6.45) is 3.22. The van der Waals surface area contributed by atoms with Crippen LogP contribution in [0.2, 0.25) is 5.15 Å². The molecular formula is C12H19ClN4. The summed E-state index contributed by atoms with van der Waals surface area (Å²) in [7, 11) is 2.15. The zero-order valence-electron chi connectivity index (χ0n) is 10.4. The Bertz CT molecular complexity index is 383. The molecule has 0 saturated carbocycles. The van der Waals surface area contributed by atoms with E-state index in [0.29, 0.717) is 11.2 Å². The van der Waals surface area contributed by atoms with Gasteiger partial charge >= 0.3 is 0 Å². The smallest absolute Gasteiger partial charge is 0.134 e. The first-order valence-electron chi connectivity index (χ1n) is 6.16. The van der Waals surface area contributed by atoms with E-state index in [1.165, 1.54) is 19.4 Å². The van der Waals surface area contributed by atoms with Crippen LogP contribution >= 0.6 is 11.6 Å². The zero-order valence-corrected chi connectivity index (χ0v) is 11.2. The Morgan fingerprint density at radius 2 is 2.35 bits per heavy atom. The van der Waals surface area contributed by atoms with Crippen molar-refractivity contribution in [1.82, 2.24) is 14.9 Å². The van der Waals surface area contributed by atoms with Crippen LogP contribution in [0.1, 0.15) is 25.6 Å². The molecule has 4 nitrogen and oxygen atoms in total. The van der Waals surface area contributed by atoms with Crippen LogP contribution in [0.25, 0.3) is 0 Å². The van der Waals surface area contributed by atoms with Gasteiger partial charge in [-0.25, -0.2) is 9.97 Å². The van der Waals surface area contributed by atoms with Crippen LogP contribution in [0.4, 0.5) is 5.82 Å². The normalized spacial score (nSPS) is 21.5. The second kappa shape index (κ2) is 5.65. The van der Waals surface area contributed by atoms with Crippen LogP contribution < -0.4 is 5.32 Å². The summed E-state index contributed by atoms with van der Waals surface area (Å²) in [5, 5.41) is 3.97.